The molecule has 2 aliphatic rings. The first kappa shape index (κ1) is 15.7. The van der Waals surface area contributed by atoms with E-state index < -0.39 is 0 Å². The van der Waals surface area contributed by atoms with Crippen LogP contribution in [0.1, 0.15) is 18.4 Å². The molecule has 0 aromatic heterocycles. The Kier molecular flexibility index (Phi) is 4.37. The van der Waals surface area contributed by atoms with Crippen molar-refractivity contribution in [3.8, 4) is 5.75 Å². The fourth-order valence-electron chi connectivity index (χ4n) is 3.24. The second-order valence-electron chi connectivity index (χ2n) is 6.38. The van der Waals surface area contributed by atoms with Crippen molar-refractivity contribution in [3.05, 3.63) is 54.1 Å². The number of ether oxygens (including phenoxy) is 1. The molecule has 2 heterocycles. The Morgan fingerprint density at radius 3 is 2.80 bits per heavy atom. The van der Waals surface area contributed by atoms with Gasteiger partial charge in [0.1, 0.15) is 5.75 Å². The van der Waals surface area contributed by atoms with Crippen molar-refractivity contribution in [2.45, 2.75) is 19.4 Å². The molecule has 2 aromatic rings. The minimum Gasteiger partial charge on any atom is -0.484 e. The van der Waals surface area contributed by atoms with Gasteiger partial charge in [0, 0.05) is 24.8 Å². The molecular weight excluding hydrogens is 314 g/mol. The summed E-state index contributed by atoms with van der Waals surface area (Å²) in [7, 11) is 0. The highest BCUT2D eigenvalue weighted by Gasteiger charge is 2.18. The monoisotopic (exact) mass is 335 g/mol. The molecule has 5 heteroatoms. The molecule has 0 saturated carbocycles. The number of amides is 1. The van der Waals surface area contributed by atoms with Gasteiger partial charge in [-0.25, -0.2) is 4.99 Å². The molecular formula is C20H21N3O2. The minimum atomic E-state index is 0.0661. The van der Waals surface area contributed by atoms with Gasteiger partial charge in [0.05, 0.1) is 18.6 Å². The van der Waals surface area contributed by atoms with Gasteiger partial charge in [0.25, 0.3) is 5.91 Å². The highest BCUT2D eigenvalue weighted by molar-refractivity contribution is 5.84. The Bertz CT molecular complexity index is 797. The lowest BCUT2D eigenvalue weighted by molar-refractivity contribution is -0.132. The van der Waals surface area contributed by atoms with Crippen LogP contribution in [0, 0.1) is 0 Å². The van der Waals surface area contributed by atoms with Gasteiger partial charge in [-0.05, 0) is 36.6 Å². The highest BCUT2D eigenvalue weighted by atomic mass is 16.5. The Morgan fingerprint density at radius 1 is 1.08 bits per heavy atom. The van der Waals surface area contributed by atoms with Crippen molar-refractivity contribution >= 4 is 23.6 Å². The molecule has 0 N–H and O–H groups in total. The summed E-state index contributed by atoms with van der Waals surface area (Å²) >= 11 is 0. The van der Waals surface area contributed by atoms with Crippen molar-refractivity contribution in [2.24, 2.45) is 4.99 Å². The van der Waals surface area contributed by atoms with E-state index >= 15 is 0 Å². The van der Waals surface area contributed by atoms with Crippen molar-refractivity contribution in [3.63, 3.8) is 0 Å². The summed E-state index contributed by atoms with van der Waals surface area (Å²) in [5, 5.41) is 0. The Balaban J connectivity index is 1.42. The van der Waals surface area contributed by atoms with E-state index in [-0.39, 0.29) is 12.5 Å². The Hall–Kier alpha value is -2.82. The number of benzene rings is 2. The highest BCUT2D eigenvalue weighted by Crippen LogP contribution is 2.28. The van der Waals surface area contributed by atoms with Gasteiger partial charge >= 0.3 is 0 Å². The topological polar surface area (TPSA) is 45.1 Å². The number of carbonyl (C=O) groups excluding carboxylic acids is 1. The van der Waals surface area contributed by atoms with E-state index in [2.05, 4.69) is 16.0 Å². The summed E-state index contributed by atoms with van der Waals surface area (Å²) < 4.78 is 5.72. The minimum absolute atomic E-state index is 0.0661. The maximum Gasteiger partial charge on any atom is 0.260 e. The molecule has 128 valence electrons. The van der Waals surface area contributed by atoms with E-state index in [0.29, 0.717) is 5.75 Å². The largest absolute Gasteiger partial charge is 0.484 e. The fourth-order valence-corrected chi connectivity index (χ4v) is 3.24. The van der Waals surface area contributed by atoms with Crippen LogP contribution in [0.5, 0.6) is 5.75 Å². The van der Waals surface area contributed by atoms with E-state index in [1.165, 1.54) is 5.56 Å². The third-order valence-corrected chi connectivity index (χ3v) is 4.64. The normalized spacial score (nSPS) is 16.0. The van der Waals surface area contributed by atoms with E-state index in [4.69, 9.17) is 4.74 Å². The van der Waals surface area contributed by atoms with E-state index in [1.54, 1.807) is 0 Å². The molecule has 1 saturated heterocycles. The first-order chi connectivity index (χ1) is 12.3. The number of aliphatic imine (C=N–C) groups is 1. The van der Waals surface area contributed by atoms with Crippen LogP contribution in [-0.4, -0.2) is 36.8 Å². The number of anilines is 1. The zero-order chi connectivity index (χ0) is 17.1. The Labute approximate surface area is 147 Å². The number of rotatable bonds is 4. The lowest BCUT2D eigenvalue weighted by Gasteiger charge is -2.24. The van der Waals surface area contributed by atoms with Gasteiger partial charge in [0.2, 0.25) is 0 Å². The van der Waals surface area contributed by atoms with Crippen molar-refractivity contribution in [1.82, 2.24) is 4.90 Å². The van der Waals surface area contributed by atoms with E-state index in [9.17, 15) is 4.79 Å². The third-order valence-electron chi connectivity index (χ3n) is 4.64. The van der Waals surface area contributed by atoms with Crippen LogP contribution in [0.2, 0.25) is 0 Å². The first-order valence-corrected chi connectivity index (χ1v) is 8.69. The van der Waals surface area contributed by atoms with E-state index in [1.807, 2.05) is 53.7 Å². The predicted octanol–water partition coefficient (Wildman–Crippen LogP) is 3.37. The number of likely N-dealkylation sites (tertiary alicyclic amines) is 1. The molecule has 2 aromatic carbocycles. The maximum atomic E-state index is 12.1. The number of hydrogen-bond acceptors (Lipinski definition) is 4. The first-order valence-electron chi connectivity index (χ1n) is 8.69. The Morgan fingerprint density at radius 2 is 1.92 bits per heavy atom. The predicted molar refractivity (Wildman–Crippen MR) is 98.5 cm³/mol. The van der Waals surface area contributed by atoms with Gasteiger partial charge in [-0.3, -0.25) is 4.79 Å². The van der Waals surface area contributed by atoms with Gasteiger partial charge in [0.15, 0.2) is 6.61 Å². The second-order valence-corrected chi connectivity index (χ2v) is 6.38. The summed E-state index contributed by atoms with van der Waals surface area (Å²) in [6.45, 7) is 2.58. The molecule has 4 rings (SSSR count). The number of hydrogen-bond donors (Lipinski definition) is 0. The number of carbonyl (C=O) groups is 1. The molecule has 2 aliphatic heterocycles. The maximum absolute atomic E-state index is 12.1. The lowest BCUT2D eigenvalue weighted by Crippen LogP contribution is -2.32. The summed E-state index contributed by atoms with van der Waals surface area (Å²) in [6, 6.07) is 15.9. The van der Waals surface area contributed by atoms with Gasteiger partial charge in [-0.2, -0.15) is 0 Å². The molecule has 5 nitrogen and oxygen atoms in total. The second kappa shape index (κ2) is 6.97. The average Bonchev–Trinajstić information content (AvgIpc) is 3.21. The molecule has 0 unspecified atom stereocenters. The molecule has 25 heavy (non-hydrogen) atoms. The molecule has 0 radical (unpaired) electrons. The fraction of sp³-hybridized carbons (Fsp3) is 0.300. The van der Waals surface area contributed by atoms with Crippen LogP contribution >= 0.6 is 0 Å². The van der Waals surface area contributed by atoms with E-state index in [0.717, 1.165) is 43.9 Å². The summed E-state index contributed by atoms with van der Waals surface area (Å²) in [5.41, 5.74) is 3.22. The number of fused-ring (bicyclic) bond motifs is 1. The van der Waals surface area contributed by atoms with Gasteiger partial charge in [-0.1, -0.05) is 24.3 Å². The lowest BCUT2D eigenvalue weighted by atomic mass is 10.1. The summed E-state index contributed by atoms with van der Waals surface area (Å²) in [4.78, 5) is 20.6. The van der Waals surface area contributed by atoms with Crippen LogP contribution in [0.25, 0.3) is 0 Å². The number of para-hydroxylation sites is 1. The standard InChI is InChI=1S/C20H21N3O2/c24-20(22-10-3-4-11-22)14-25-18-8-5-7-17(12-18)23-13-16-6-1-2-9-19(16)21-15-23/h1-2,5-9,12,15H,3-4,10-11,13-14H2. The van der Waals surface area contributed by atoms with Crippen LogP contribution in [0.4, 0.5) is 11.4 Å². The van der Waals surface area contributed by atoms with Gasteiger partial charge in [-0.15, -0.1) is 0 Å². The molecule has 0 spiro atoms. The van der Waals surface area contributed by atoms with Crippen LogP contribution in [0.3, 0.4) is 0 Å². The van der Waals surface area contributed by atoms with Crippen LogP contribution in [-0.2, 0) is 11.3 Å². The van der Waals surface area contributed by atoms with Crippen molar-refractivity contribution in [2.75, 3.05) is 24.6 Å². The SMILES string of the molecule is O=C(COc1cccc(N2C=Nc3ccccc3C2)c1)N1CCCC1. The molecule has 0 aliphatic carbocycles. The van der Waals surface area contributed by atoms with Crippen LogP contribution < -0.4 is 9.64 Å². The third kappa shape index (κ3) is 3.50. The molecule has 1 amide bonds. The zero-order valence-electron chi connectivity index (χ0n) is 14.1. The number of nitrogens with zero attached hydrogens (tertiary/aromatic N) is 3. The quantitative estimate of drug-likeness (QED) is 0.860. The van der Waals surface area contributed by atoms with Crippen molar-refractivity contribution < 1.29 is 9.53 Å². The zero-order valence-corrected chi connectivity index (χ0v) is 14.1. The average molecular weight is 335 g/mol. The molecule has 0 bridgehead atoms. The smallest absolute Gasteiger partial charge is 0.260 e. The van der Waals surface area contributed by atoms with Crippen molar-refractivity contribution in [1.29, 1.82) is 0 Å². The molecule has 0 atom stereocenters. The summed E-state index contributed by atoms with van der Waals surface area (Å²) in [6.07, 6.45) is 4.03. The summed E-state index contributed by atoms with van der Waals surface area (Å²) in [5.74, 6) is 0.772. The van der Waals surface area contributed by atoms with Gasteiger partial charge < -0.3 is 14.5 Å². The molecule has 1 fully saturated rings. The van der Waals surface area contributed by atoms with Crippen LogP contribution in [0.15, 0.2) is 53.5 Å².